The van der Waals surface area contributed by atoms with E-state index in [1.54, 1.807) is 0 Å². The topological polar surface area (TPSA) is 61.4 Å². The molecule has 0 aromatic heterocycles. The maximum Gasteiger partial charge on any atom is 0.317 e. The van der Waals surface area contributed by atoms with Gasteiger partial charge in [0.25, 0.3) is 0 Å². The van der Waals surface area contributed by atoms with Crippen LogP contribution in [0.1, 0.15) is 43.4 Å². The van der Waals surface area contributed by atoms with Gasteiger partial charge < -0.3 is 15.5 Å². The van der Waals surface area contributed by atoms with Crippen LogP contribution in [0.25, 0.3) is 0 Å². The van der Waals surface area contributed by atoms with Crippen LogP contribution < -0.4 is 10.6 Å². The molecule has 26 heavy (non-hydrogen) atoms. The minimum Gasteiger partial charge on any atom is -0.331 e. The van der Waals surface area contributed by atoms with Crippen LogP contribution in [0, 0.1) is 0 Å². The van der Waals surface area contributed by atoms with Gasteiger partial charge in [-0.2, -0.15) is 0 Å². The van der Waals surface area contributed by atoms with Crippen molar-refractivity contribution in [2.45, 2.75) is 32.2 Å². The molecule has 2 aromatic rings. The van der Waals surface area contributed by atoms with Crippen molar-refractivity contribution < 1.29 is 9.59 Å². The normalized spacial score (nSPS) is 17.6. The number of hydrogen-bond donors (Lipinski definition) is 2. The molecular formula is C21H25N3O2. The Kier molecular flexibility index (Phi) is 5.56. The summed E-state index contributed by atoms with van der Waals surface area (Å²) < 4.78 is 0. The van der Waals surface area contributed by atoms with Gasteiger partial charge in [-0.05, 0) is 36.6 Å². The third-order valence-corrected chi connectivity index (χ3v) is 4.79. The molecule has 0 saturated carbocycles. The maximum absolute atomic E-state index is 12.6. The molecule has 5 heteroatoms. The first-order chi connectivity index (χ1) is 12.5. The summed E-state index contributed by atoms with van der Waals surface area (Å²) in [6, 6.07) is 17.7. The first kappa shape index (κ1) is 18.0. The van der Waals surface area contributed by atoms with Crippen molar-refractivity contribution >= 4 is 17.6 Å². The monoisotopic (exact) mass is 351 g/mol. The van der Waals surface area contributed by atoms with Gasteiger partial charge in [0.15, 0.2) is 0 Å². The lowest BCUT2D eigenvalue weighted by molar-refractivity contribution is -0.114. The van der Waals surface area contributed by atoms with Crippen molar-refractivity contribution in [3.63, 3.8) is 0 Å². The highest BCUT2D eigenvalue weighted by atomic mass is 16.2. The second-order valence-corrected chi connectivity index (χ2v) is 6.82. The highest BCUT2D eigenvalue weighted by molar-refractivity contribution is 5.88. The Bertz CT molecular complexity index is 776. The van der Waals surface area contributed by atoms with E-state index >= 15 is 0 Å². The van der Waals surface area contributed by atoms with Gasteiger partial charge in [-0.25, -0.2) is 4.79 Å². The van der Waals surface area contributed by atoms with Crippen molar-refractivity contribution in [3.05, 3.63) is 65.7 Å². The molecule has 1 aliphatic heterocycles. The number of hydrogen-bond acceptors (Lipinski definition) is 2. The van der Waals surface area contributed by atoms with E-state index < -0.39 is 0 Å². The fourth-order valence-electron chi connectivity index (χ4n) is 3.39. The van der Waals surface area contributed by atoms with E-state index in [-0.39, 0.29) is 18.0 Å². The molecule has 136 valence electrons. The Morgan fingerprint density at radius 3 is 2.62 bits per heavy atom. The zero-order chi connectivity index (χ0) is 18.5. The molecule has 0 aliphatic carbocycles. The molecule has 3 rings (SSSR count). The molecule has 5 nitrogen and oxygen atoms in total. The van der Waals surface area contributed by atoms with Gasteiger partial charge >= 0.3 is 6.03 Å². The van der Waals surface area contributed by atoms with E-state index in [1.165, 1.54) is 12.5 Å². The van der Waals surface area contributed by atoms with E-state index in [9.17, 15) is 9.59 Å². The van der Waals surface area contributed by atoms with Crippen molar-refractivity contribution in [1.29, 1.82) is 0 Å². The summed E-state index contributed by atoms with van der Waals surface area (Å²) in [5.74, 6) is 0.295. The molecule has 0 bridgehead atoms. The lowest BCUT2D eigenvalue weighted by atomic mass is 9.99. The Labute approximate surface area is 154 Å². The molecule has 2 aromatic carbocycles. The Morgan fingerprint density at radius 2 is 1.88 bits per heavy atom. The van der Waals surface area contributed by atoms with Gasteiger partial charge in [-0.1, -0.05) is 42.5 Å². The van der Waals surface area contributed by atoms with Crippen molar-refractivity contribution in [2.75, 3.05) is 18.4 Å². The number of amides is 3. The average molecular weight is 351 g/mol. The van der Waals surface area contributed by atoms with Gasteiger partial charge in [0.2, 0.25) is 5.91 Å². The van der Waals surface area contributed by atoms with Gasteiger partial charge in [-0.15, -0.1) is 0 Å². The summed E-state index contributed by atoms with van der Waals surface area (Å²) in [5.41, 5.74) is 2.99. The van der Waals surface area contributed by atoms with Crippen LogP contribution in [0.4, 0.5) is 10.5 Å². The number of nitrogens with zero attached hydrogens (tertiary/aromatic N) is 1. The minimum atomic E-state index is -0.132. The number of anilines is 1. The third-order valence-electron chi connectivity index (χ3n) is 4.79. The zero-order valence-corrected chi connectivity index (χ0v) is 15.2. The number of urea groups is 1. The maximum atomic E-state index is 12.6. The Balaban J connectivity index is 1.59. The summed E-state index contributed by atoms with van der Waals surface area (Å²) in [5, 5.41) is 5.84. The Morgan fingerprint density at radius 1 is 1.12 bits per heavy atom. The lowest BCUT2D eigenvalue weighted by Crippen LogP contribution is -2.39. The zero-order valence-electron chi connectivity index (χ0n) is 15.2. The van der Waals surface area contributed by atoms with Gasteiger partial charge in [0.05, 0.1) is 6.04 Å². The smallest absolute Gasteiger partial charge is 0.317 e. The first-order valence-electron chi connectivity index (χ1n) is 9.01. The van der Waals surface area contributed by atoms with Crippen LogP contribution in [0.2, 0.25) is 0 Å². The molecule has 1 heterocycles. The number of benzene rings is 2. The summed E-state index contributed by atoms with van der Waals surface area (Å²) >= 11 is 0. The summed E-state index contributed by atoms with van der Waals surface area (Å²) in [6.45, 7) is 4.95. The van der Waals surface area contributed by atoms with Crippen LogP contribution in [0.15, 0.2) is 54.6 Å². The van der Waals surface area contributed by atoms with E-state index in [1.807, 2.05) is 54.3 Å². The van der Waals surface area contributed by atoms with Crippen molar-refractivity contribution in [2.24, 2.45) is 0 Å². The van der Waals surface area contributed by atoms with E-state index in [2.05, 4.69) is 22.8 Å². The standard InChI is InChI=1S/C21H25N3O2/c1-15(18-9-6-10-20(13-18)23-16(2)25)22-21(26)24-12-11-19(14-24)17-7-4-3-5-8-17/h3-10,13,15,19H,11-12,14H2,1-2H3,(H,22,26)(H,23,25)/t15-,19-/m1/s1. The van der Waals surface area contributed by atoms with Crippen LogP contribution in [0.5, 0.6) is 0 Å². The van der Waals surface area contributed by atoms with Crippen molar-refractivity contribution in [3.8, 4) is 0 Å². The quantitative estimate of drug-likeness (QED) is 0.877. The SMILES string of the molecule is CC(=O)Nc1cccc([C@@H](C)NC(=O)N2CC[C@@H](c3ccccc3)C2)c1. The molecule has 0 unspecified atom stereocenters. The summed E-state index contributed by atoms with van der Waals surface area (Å²) in [6.07, 6.45) is 0.990. The van der Waals surface area contributed by atoms with Crippen molar-refractivity contribution in [1.82, 2.24) is 10.2 Å². The molecule has 1 saturated heterocycles. The molecule has 0 radical (unpaired) electrons. The number of rotatable bonds is 4. The highest BCUT2D eigenvalue weighted by Gasteiger charge is 2.27. The summed E-state index contributed by atoms with van der Waals surface area (Å²) in [7, 11) is 0. The summed E-state index contributed by atoms with van der Waals surface area (Å²) in [4.78, 5) is 25.7. The number of carbonyl (C=O) groups excluding carboxylic acids is 2. The fraction of sp³-hybridized carbons (Fsp3) is 0.333. The molecular weight excluding hydrogens is 326 g/mol. The third kappa shape index (κ3) is 4.42. The van der Waals surface area contributed by atoms with E-state index in [0.29, 0.717) is 5.92 Å². The van der Waals surface area contributed by atoms with Crippen LogP contribution >= 0.6 is 0 Å². The molecule has 2 N–H and O–H groups in total. The van der Waals surface area contributed by atoms with Crippen LogP contribution in [-0.4, -0.2) is 29.9 Å². The van der Waals surface area contributed by atoms with E-state index in [0.717, 1.165) is 30.8 Å². The average Bonchev–Trinajstić information content (AvgIpc) is 3.12. The molecule has 1 fully saturated rings. The number of carbonyl (C=O) groups is 2. The second-order valence-electron chi connectivity index (χ2n) is 6.82. The number of likely N-dealkylation sites (tertiary alicyclic amines) is 1. The van der Waals surface area contributed by atoms with Gasteiger partial charge in [0.1, 0.15) is 0 Å². The largest absolute Gasteiger partial charge is 0.331 e. The van der Waals surface area contributed by atoms with Crippen LogP contribution in [0.3, 0.4) is 0 Å². The molecule has 2 atom stereocenters. The molecule has 1 aliphatic rings. The minimum absolute atomic E-state index is 0.0409. The predicted molar refractivity (Wildman–Crippen MR) is 103 cm³/mol. The first-order valence-corrected chi connectivity index (χ1v) is 9.01. The van der Waals surface area contributed by atoms with E-state index in [4.69, 9.17) is 0 Å². The van der Waals surface area contributed by atoms with Crippen LogP contribution in [-0.2, 0) is 4.79 Å². The molecule has 0 spiro atoms. The Hall–Kier alpha value is -2.82. The highest BCUT2D eigenvalue weighted by Crippen LogP contribution is 2.27. The number of nitrogens with one attached hydrogen (secondary N) is 2. The lowest BCUT2D eigenvalue weighted by Gasteiger charge is -2.22. The van der Waals surface area contributed by atoms with Gasteiger partial charge in [0, 0.05) is 31.6 Å². The molecule has 3 amide bonds. The van der Waals surface area contributed by atoms with Gasteiger partial charge in [-0.3, -0.25) is 4.79 Å². The second kappa shape index (κ2) is 8.04. The predicted octanol–water partition coefficient (Wildman–Crippen LogP) is 3.91. The fourth-order valence-corrected chi connectivity index (χ4v) is 3.39.